The molecule has 3 N–H and O–H groups in total. The van der Waals surface area contributed by atoms with Crippen molar-refractivity contribution in [2.75, 3.05) is 30.0 Å². The number of benzene rings is 3. The molecule has 1 aliphatic heterocycles. The number of nitrogens with zero attached hydrogens (tertiary/aromatic N) is 6. The minimum atomic E-state index is -4.20. The first kappa shape index (κ1) is 43.3. The van der Waals surface area contributed by atoms with Gasteiger partial charge >= 0.3 is 12.1 Å². The first-order valence-electron chi connectivity index (χ1n) is 18.6. The van der Waals surface area contributed by atoms with Crippen molar-refractivity contribution < 1.29 is 34.8 Å². The van der Waals surface area contributed by atoms with E-state index in [1.54, 1.807) is 49.8 Å². The van der Waals surface area contributed by atoms with Gasteiger partial charge in [0.25, 0.3) is 0 Å². The van der Waals surface area contributed by atoms with E-state index in [-0.39, 0.29) is 69.6 Å². The third kappa shape index (κ3) is 10.1. The molecule has 0 saturated carbocycles. The van der Waals surface area contributed by atoms with Crippen LogP contribution in [0.2, 0.25) is 0 Å². The van der Waals surface area contributed by atoms with E-state index in [1.165, 1.54) is 77.2 Å². The fourth-order valence-electron chi connectivity index (χ4n) is 6.28. The summed E-state index contributed by atoms with van der Waals surface area (Å²) in [4.78, 5) is 36.1. The van der Waals surface area contributed by atoms with Crippen molar-refractivity contribution in [3.63, 3.8) is 0 Å². The minimum absolute atomic E-state index is 0.0243. The van der Waals surface area contributed by atoms with Crippen LogP contribution in [-0.4, -0.2) is 76.2 Å². The highest BCUT2D eigenvalue weighted by Crippen LogP contribution is 2.28. The Morgan fingerprint density at radius 1 is 0.767 bits per heavy atom. The number of sulfone groups is 1. The van der Waals surface area contributed by atoms with Crippen LogP contribution in [-0.2, 0) is 43.0 Å². The van der Waals surface area contributed by atoms with Gasteiger partial charge in [0.05, 0.1) is 37.9 Å². The molecule has 20 heteroatoms. The summed E-state index contributed by atoms with van der Waals surface area (Å²) in [5.74, 6) is -0.223. The molecule has 0 spiro atoms. The molecule has 0 atom stereocenters. The summed E-state index contributed by atoms with van der Waals surface area (Å²) in [5.41, 5.74) is 1.46. The van der Waals surface area contributed by atoms with Crippen molar-refractivity contribution >= 4 is 53.3 Å². The highest BCUT2D eigenvalue weighted by Gasteiger charge is 2.32. The van der Waals surface area contributed by atoms with Gasteiger partial charge < -0.3 is 10.6 Å². The van der Waals surface area contributed by atoms with Gasteiger partial charge in [-0.1, -0.05) is 25.1 Å². The summed E-state index contributed by atoms with van der Waals surface area (Å²) in [6.07, 6.45) is 7.02. The number of urea groups is 2. The highest BCUT2D eigenvalue weighted by atomic mass is 32.2. The Balaban J connectivity index is 1.31. The van der Waals surface area contributed by atoms with E-state index in [0.29, 0.717) is 24.0 Å². The molecule has 0 aliphatic carbocycles. The van der Waals surface area contributed by atoms with Crippen molar-refractivity contribution in [1.82, 2.24) is 29.3 Å². The number of hydrogen-bond donors (Lipinski definition) is 3. The van der Waals surface area contributed by atoms with Gasteiger partial charge in [0.15, 0.2) is 0 Å². The number of nitriles is 1. The number of sulfonamides is 2. The number of pyridine rings is 2. The SMILES string of the molecule is CCNS(=O)(=O)c1cccc(S(=O)(=O)c2ccc(NC(=O)N(Cc3cccnc3)N(C(=O)NCc3cccnc3)c3ccc(S(=O)(=O)N4CCC(C#N)CC4)cc3)cc2)c1. The molecule has 6 rings (SSSR count). The Morgan fingerprint density at radius 2 is 1.38 bits per heavy atom. The number of anilines is 2. The Bertz CT molecular complexity index is 2680. The zero-order valence-electron chi connectivity index (χ0n) is 32.2. The van der Waals surface area contributed by atoms with Gasteiger partial charge in [-0.3, -0.25) is 9.97 Å². The fourth-order valence-corrected chi connectivity index (χ4v) is 10.2. The minimum Gasteiger partial charge on any atom is -0.332 e. The zero-order chi connectivity index (χ0) is 42.9. The Labute approximate surface area is 348 Å². The summed E-state index contributed by atoms with van der Waals surface area (Å²) in [7, 11) is -12.1. The molecule has 0 unspecified atom stereocenters. The van der Waals surface area contributed by atoms with Crippen LogP contribution in [0.5, 0.6) is 0 Å². The van der Waals surface area contributed by atoms with Crippen LogP contribution < -0.4 is 20.4 Å². The predicted octanol–water partition coefficient (Wildman–Crippen LogP) is 4.90. The molecule has 0 radical (unpaired) electrons. The van der Waals surface area contributed by atoms with Crippen LogP contribution in [0.1, 0.15) is 30.9 Å². The number of hydrazine groups is 1. The Morgan fingerprint density at radius 3 is 1.98 bits per heavy atom. The summed E-state index contributed by atoms with van der Waals surface area (Å²) in [6.45, 7) is 1.91. The quantitative estimate of drug-likeness (QED) is 0.135. The van der Waals surface area contributed by atoms with Gasteiger partial charge in [-0.25, -0.2) is 44.6 Å². The molecular weight excluding hydrogens is 831 g/mol. The number of carbonyl (C=O) groups excluding carboxylic acids is 2. The van der Waals surface area contributed by atoms with E-state index >= 15 is 0 Å². The average Bonchev–Trinajstić information content (AvgIpc) is 3.26. The number of piperidine rings is 1. The lowest BCUT2D eigenvalue weighted by Crippen LogP contribution is -2.54. The van der Waals surface area contributed by atoms with Gasteiger partial charge in [-0.15, -0.1) is 0 Å². The summed E-state index contributed by atoms with van der Waals surface area (Å²) in [6, 6.07) is 23.0. The molecular formula is C40H41N9O8S3. The number of rotatable bonds is 13. The number of carbonyl (C=O) groups is 2. The lowest BCUT2D eigenvalue weighted by atomic mass is 10.0. The second kappa shape index (κ2) is 18.8. The van der Waals surface area contributed by atoms with Crippen LogP contribution >= 0.6 is 0 Å². The van der Waals surface area contributed by atoms with E-state index in [2.05, 4.69) is 31.4 Å². The molecule has 5 aromatic rings. The molecule has 17 nitrogen and oxygen atoms in total. The van der Waals surface area contributed by atoms with Gasteiger partial charge in [0, 0.05) is 62.6 Å². The van der Waals surface area contributed by atoms with E-state index < -0.39 is 41.9 Å². The standard InChI is InChI=1S/C40H41N9O8S3/c1-2-45-59(54,55)38-9-3-8-37(24-38)58(52,53)35-14-10-33(11-15-35)46-40(51)48(29-32-7-5-21-43-27-32)49(39(50)44-28-31-6-4-20-42-26-31)34-12-16-36(17-13-34)60(56,57)47-22-18-30(25-41)19-23-47/h3-17,20-21,24,26-27,30,45H,2,18-19,22-23,28-29H2,1H3,(H,44,50)(H,46,51). The normalized spacial score (nSPS) is 13.8. The largest absolute Gasteiger partial charge is 0.341 e. The molecule has 312 valence electrons. The van der Waals surface area contributed by atoms with Crippen molar-refractivity contribution in [3.8, 4) is 6.07 Å². The van der Waals surface area contributed by atoms with Crippen LogP contribution in [0, 0.1) is 17.2 Å². The van der Waals surface area contributed by atoms with E-state index in [9.17, 15) is 40.1 Å². The van der Waals surface area contributed by atoms with Gasteiger partial charge in [-0.2, -0.15) is 14.6 Å². The summed E-state index contributed by atoms with van der Waals surface area (Å²) >= 11 is 0. The van der Waals surface area contributed by atoms with E-state index in [0.717, 1.165) is 16.1 Å². The van der Waals surface area contributed by atoms with Gasteiger partial charge in [0.1, 0.15) is 0 Å². The molecule has 3 aromatic carbocycles. The maximum Gasteiger partial charge on any atom is 0.341 e. The second-order valence-electron chi connectivity index (χ2n) is 13.5. The first-order chi connectivity index (χ1) is 28.7. The maximum absolute atomic E-state index is 14.3. The number of amides is 4. The van der Waals surface area contributed by atoms with Crippen LogP contribution in [0.25, 0.3) is 0 Å². The Kier molecular flexibility index (Phi) is 13.6. The van der Waals surface area contributed by atoms with Gasteiger partial charge in [-0.05, 0) is 103 Å². The smallest absolute Gasteiger partial charge is 0.332 e. The molecule has 4 amide bonds. The van der Waals surface area contributed by atoms with E-state index in [4.69, 9.17) is 0 Å². The maximum atomic E-state index is 14.3. The van der Waals surface area contributed by atoms with Crippen molar-refractivity contribution in [2.24, 2.45) is 5.92 Å². The first-order valence-corrected chi connectivity index (χ1v) is 23.0. The highest BCUT2D eigenvalue weighted by molar-refractivity contribution is 7.91. The van der Waals surface area contributed by atoms with Crippen molar-refractivity contribution in [2.45, 2.75) is 52.4 Å². The number of nitrogens with one attached hydrogen (secondary N) is 3. The molecule has 3 heterocycles. The monoisotopic (exact) mass is 871 g/mol. The predicted molar refractivity (Wildman–Crippen MR) is 220 cm³/mol. The van der Waals surface area contributed by atoms with Crippen LogP contribution in [0.3, 0.4) is 0 Å². The van der Waals surface area contributed by atoms with Crippen molar-refractivity contribution in [3.05, 3.63) is 133 Å². The van der Waals surface area contributed by atoms with Crippen LogP contribution in [0.15, 0.2) is 141 Å². The second-order valence-corrected chi connectivity index (χ2v) is 19.1. The topological polar surface area (TPSA) is 232 Å². The average molecular weight is 872 g/mol. The lowest BCUT2D eigenvalue weighted by Gasteiger charge is -2.35. The van der Waals surface area contributed by atoms with Crippen LogP contribution in [0.4, 0.5) is 21.0 Å². The molecule has 1 fully saturated rings. The third-order valence-electron chi connectivity index (χ3n) is 9.42. The van der Waals surface area contributed by atoms with Crippen molar-refractivity contribution in [1.29, 1.82) is 5.26 Å². The fraction of sp³-hybridized carbons (Fsp3) is 0.225. The zero-order valence-corrected chi connectivity index (χ0v) is 34.7. The third-order valence-corrected chi connectivity index (χ3v) is 14.6. The summed E-state index contributed by atoms with van der Waals surface area (Å²) < 4.78 is 83.1. The molecule has 60 heavy (non-hydrogen) atoms. The number of aromatic nitrogens is 2. The lowest BCUT2D eigenvalue weighted by molar-refractivity contribution is 0.194. The Hall–Kier alpha value is -6.24. The summed E-state index contributed by atoms with van der Waals surface area (Å²) in [5, 5.41) is 16.9. The molecule has 2 aromatic heterocycles. The van der Waals surface area contributed by atoms with E-state index in [1.807, 2.05) is 0 Å². The molecule has 1 aliphatic rings. The number of hydrogen-bond acceptors (Lipinski definition) is 11. The molecule has 0 bridgehead atoms. The van der Waals surface area contributed by atoms with Gasteiger partial charge in [0.2, 0.25) is 29.9 Å². The molecule has 1 saturated heterocycles.